The lowest BCUT2D eigenvalue weighted by Gasteiger charge is -2.48. The highest BCUT2D eigenvalue weighted by Gasteiger charge is 2.50. The van der Waals surface area contributed by atoms with Gasteiger partial charge in [0.25, 0.3) is 0 Å². The SMILES string of the molecule is CC(C)C1(C(C)(C)C)CCOC(=O)O1. The van der Waals surface area contributed by atoms with Gasteiger partial charge in [-0.2, -0.15) is 0 Å². The van der Waals surface area contributed by atoms with Crippen LogP contribution in [0.15, 0.2) is 0 Å². The van der Waals surface area contributed by atoms with Crippen LogP contribution in [0.5, 0.6) is 0 Å². The molecule has 0 bridgehead atoms. The lowest BCUT2D eigenvalue weighted by Crippen LogP contribution is -2.54. The van der Waals surface area contributed by atoms with Crippen molar-refractivity contribution < 1.29 is 14.3 Å². The number of hydrogen-bond acceptors (Lipinski definition) is 3. The molecule has 0 radical (unpaired) electrons. The first kappa shape index (κ1) is 11.3. The molecule has 1 fully saturated rings. The fourth-order valence-electron chi connectivity index (χ4n) is 2.32. The van der Waals surface area contributed by atoms with Gasteiger partial charge in [0.1, 0.15) is 5.60 Å². The Morgan fingerprint density at radius 2 is 1.93 bits per heavy atom. The number of carbonyl (C=O) groups excluding carboxylic acids is 1. The molecule has 3 nitrogen and oxygen atoms in total. The lowest BCUT2D eigenvalue weighted by molar-refractivity contribution is -0.161. The van der Waals surface area contributed by atoms with Crippen molar-refractivity contribution >= 4 is 6.16 Å². The highest BCUT2D eigenvalue weighted by molar-refractivity contribution is 5.61. The first-order chi connectivity index (χ1) is 6.29. The molecule has 14 heavy (non-hydrogen) atoms. The number of rotatable bonds is 1. The van der Waals surface area contributed by atoms with Crippen molar-refractivity contribution in [1.82, 2.24) is 0 Å². The summed E-state index contributed by atoms with van der Waals surface area (Å²) < 4.78 is 10.3. The van der Waals surface area contributed by atoms with E-state index >= 15 is 0 Å². The number of ether oxygens (including phenoxy) is 2. The van der Waals surface area contributed by atoms with E-state index in [9.17, 15) is 4.79 Å². The topological polar surface area (TPSA) is 35.5 Å². The van der Waals surface area contributed by atoms with E-state index < -0.39 is 6.16 Å². The molecule has 1 saturated heterocycles. The van der Waals surface area contributed by atoms with Crippen molar-refractivity contribution in [3.8, 4) is 0 Å². The third-order valence-corrected chi connectivity index (χ3v) is 3.16. The summed E-state index contributed by atoms with van der Waals surface area (Å²) in [4.78, 5) is 11.2. The summed E-state index contributed by atoms with van der Waals surface area (Å²) in [7, 11) is 0. The van der Waals surface area contributed by atoms with Crippen molar-refractivity contribution in [2.24, 2.45) is 11.3 Å². The van der Waals surface area contributed by atoms with E-state index in [2.05, 4.69) is 34.6 Å². The second-order valence-corrected chi connectivity index (χ2v) is 5.24. The molecule has 0 N–H and O–H groups in total. The molecule has 1 aliphatic rings. The van der Waals surface area contributed by atoms with E-state index in [4.69, 9.17) is 9.47 Å². The molecule has 0 spiro atoms. The fraction of sp³-hybridized carbons (Fsp3) is 0.909. The summed E-state index contributed by atoms with van der Waals surface area (Å²) in [6.45, 7) is 10.9. The van der Waals surface area contributed by atoms with Gasteiger partial charge in [0.05, 0.1) is 6.61 Å². The Kier molecular flexibility index (Phi) is 2.79. The van der Waals surface area contributed by atoms with Crippen LogP contribution in [0.3, 0.4) is 0 Å². The van der Waals surface area contributed by atoms with Crippen molar-refractivity contribution in [3.63, 3.8) is 0 Å². The standard InChI is InChI=1S/C11H20O3/c1-8(2)11(10(3,4)5)6-7-13-9(12)14-11/h8H,6-7H2,1-5H3. The summed E-state index contributed by atoms with van der Waals surface area (Å²) in [5.74, 6) is 0.301. The third kappa shape index (κ3) is 1.72. The minimum atomic E-state index is -0.528. The Labute approximate surface area is 85.8 Å². The summed E-state index contributed by atoms with van der Waals surface area (Å²) in [5.41, 5.74) is -0.442. The lowest BCUT2D eigenvalue weighted by atomic mass is 9.68. The summed E-state index contributed by atoms with van der Waals surface area (Å²) in [5, 5.41) is 0. The van der Waals surface area contributed by atoms with E-state index in [-0.39, 0.29) is 11.0 Å². The van der Waals surface area contributed by atoms with Gasteiger partial charge < -0.3 is 9.47 Å². The predicted octanol–water partition coefficient (Wildman–Crippen LogP) is 2.98. The maximum Gasteiger partial charge on any atom is 0.508 e. The number of cyclic esters (lactones) is 2. The van der Waals surface area contributed by atoms with Crippen LogP contribution in [0.1, 0.15) is 41.0 Å². The average molecular weight is 200 g/mol. The second-order valence-electron chi connectivity index (χ2n) is 5.24. The minimum Gasteiger partial charge on any atom is -0.434 e. The molecular formula is C11H20O3. The Hall–Kier alpha value is -0.730. The monoisotopic (exact) mass is 200 g/mol. The van der Waals surface area contributed by atoms with Crippen molar-refractivity contribution in [3.05, 3.63) is 0 Å². The highest BCUT2D eigenvalue weighted by Crippen LogP contribution is 2.44. The van der Waals surface area contributed by atoms with Gasteiger partial charge in [-0.25, -0.2) is 4.79 Å². The number of carbonyl (C=O) groups is 1. The Balaban J connectivity index is 2.98. The quantitative estimate of drug-likeness (QED) is 0.610. The van der Waals surface area contributed by atoms with E-state index in [1.165, 1.54) is 0 Å². The largest absolute Gasteiger partial charge is 0.508 e. The summed E-state index contributed by atoms with van der Waals surface area (Å²) in [6.07, 6.45) is 0.250. The summed E-state index contributed by atoms with van der Waals surface area (Å²) >= 11 is 0. The fourth-order valence-corrected chi connectivity index (χ4v) is 2.32. The van der Waals surface area contributed by atoms with E-state index in [0.717, 1.165) is 6.42 Å². The van der Waals surface area contributed by atoms with Crippen LogP contribution in [0.25, 0.3) is 0 Å². The number of hydrogen-bond donors (Lipinski definition) is 0. The molecule has 0 aromatic carbocycles. The molecule has 0 aromatic rings. The first-order valence-corrected chi connectivity index (χ1v) is 5.15. The maximum absolute atomic E-state index is 11.2. The zero-order chi connectivity index (χ0) is 11.0. The van der Waals surface area contributed by atoms with Crippen LogP contribution in [0, 0.1) is 11.3 Å². The predicted molar refractivity (Wildman–Crippen MR) is 54.1 cm³/mol. The van der Waals surface area contributed by atoms with Gasteiger partial charge >= 0.3 is 6.16 Å². The zero-order valence-corrected chi connectivity index (χ0v) is 9.72. The van der Waals surface area contributed by atoms with Gasteiger partial charge in [-0.1, -0.05) is 34.6 Å². The summed E-state index contributed by atoms with van der Waals surface area (Å²) in [6, 6.07) is 0. The average Bonchev–Trinajstić information content (AvgIpc) is 2.01. The van der Waals surface area contributed by atoms with Gasteiger partial charge in [0, 0.05) is 11.8 Å². The molecule has 1 aliphatic heterocycles. The second kappa shape index (κ2) is 3.44. The Morgan fingerprint density at radius 1 is 1.36 bits per heavy atom. The highest BCUT2D eigenvalue weighted by atomic mass is 16.7. The van der Waals surface area contributed by atoms with E-state index in [1.54, 1.807) is 0 Å². The Bertz CT molecular complexity index is 227. The molecule has 82 valence electrons. The van der Waals surface area contributed by atoms with Crippen LogP contribution < -0.4 is 0 Å². The van der Waals surface area contributed by atoms with Gasteiger partial charge in [-0.05, 0) is 5.92 Å². The minimum absolute atomic E-state index is 0.0550. The van der Waals surface area contributed by atoms with Crippen molar-refractivity contribution in [2.45, 2.75) is 46.6 Å². The first-order valence-electron chi connectivity index (χ1n) is 5.15. The van der Waals surface area contributed by atoms with E-state index in [1.807, 2.05) is 0 Å². The normalized spacial score (nSPS) is 28.6. The molecule has 1 atom stereocenters. The molecule has 0 saturated carbocycles. The van der Waals surface area contributed by atoms with Crippen LogP contribution >= 0.6 is 0 Å². The molecule has 0 aliphatic carbocycles. The van der Waals surface area contributed by atoms with Crippen LogP contribution in [-0.2, 0) is 9.47 Å². The van der Waals surface area contributed by atoms with Gasteiger partial charge in [0.15, 0.2) is 0 Å². The third-order valence-electron chi connectivity index (χ3n) is 3.16. The van der Waals surface area contributed by atoms with Gasteiger partial charge in [-0.15, -0.1) is 0 Å². The molecule has 1 heterocycles. The van der Waals surface area contributed by atoms with Crippen LogP contribution in [0.4, 0.5) is 4.79 Å². The maximum atomic E-state index is 11.2. The van der Waals surface area contributed by atoms with E-state index in [0.29, 0.717) is 12.5 Å². The van der Waals surface area contributed by atoms with Gasteiger partial charge in [0.2, 0.25) is 0 Å². The van der Waals surface area contributed by atoms with Crippen LogP contribution in [-0.4, -0.2) is 18.4 Å². The molecular weight excluding hydrogens is 180 g/mol. The Morgan fingerprint density at radius 3 is 2.21 bits per heavy atom. The van der Waals surface area contributed by atoms with Crippen molar-refractivity contribution in [2.75, 3.05) is 6.61 Å². The smallest absolute Gasteiger partial charge is 0.434 e. The molecule has 0 amide bonds. The molecule has 0 aromatic heterocycles. The molecule has 1 rings (SSSR count). The van der Waals surface area contributed by atoms with Gasteiger partial charge in [-0.3, -0.25) is 0 Å². The van der Waals surface area contributed by atoms with Crippen molar-refractivity contribution in [1.29, 1.82) is 0 Å². The van der Waals surface area contributed by atoms with Crippen LogP contribution in [0.2, 0.25) is 0 Å². The molecule has 3 heteroatoms. The molecule has 1 unspecified atom stereocenters. The zero-order valence-electron chi connectivity index (χ0n) is 9.72.